The second kappa shape index (κ2) is 2.47. The molecule has 1 aliphatic heterocycles. The molecule has 1 fully saturated rings. The van der Waals surface area contributed by atoms with E-state index in [2.05, 4.69) is 0 Å². The molecule has 4 heteroatoms. The first kappa shape index (κ1) is 7.94. The molecule has 0 aromatic heterocycles. The molecule has 0 bridgehead atoms. The summed E-state index contributed by atoms with van der Waals surface area (Å²) in [6.07, 6.45) is -1.69. The van der Waals surface area contributed by atoms with Gasteiger partial charge in [-0.05, 0) is 13.3 Å². The first-order chi connectivity index (χ1) is 4.54. The lowest BCUT2D eigenvalue weighted by Crippen LogP contribution is -2.53. The van der Waals surface area contributed by atoms with E-state index in [1.54, 1.807) is 0 Å². The van der Waals surface area contributed by atoms with Crippen molar-refractivity contribution in [2.45, 2.75) is 31.3 Å². The van der Waals surface area contributed by atoms with Crippen molar-refractivity contribution in [3.05, 3.63) is 0 Å². The summed E-state index contributed by atoms with van der Waals surface area (Å²) in [4.78, 5) is 0. The Balaban J connectivity index is 2.60. The molecule has 0 spiro atoms. The van der Waals surface area contributed by atoms with Gasteiger partial charge >= 0.3 is 0 Å². The fourth-order valence-electron chi connectivity index (χ4n) is 0.987. The van der Waals surface area contributed by atoms with Crippen molar-refractivity contribution in [1.82, 2.24) is 0 Å². The molecule has 1 heterocycles. The predicted octanol–water partition coefficient (Wildman–Crippen LogP) is -1.16. The minimum absolute atomic E-state index is 0.283. The van der Waals surface area contributed by atoms with Crippen LogP contribution in [-0.2, 0) is 4.74 Å². The van der Waals surface area contributed by atoms with Crippen molar-refractivity contribution in [3.8, 4) is 0 Å². The second-order valence-corrected chi connectivity index (χ2v) is 2.70. The van der Waals surface area contributed by atoms with Gasteiger partial charge in [-0.2, -0.15) is 0 Å². The summed E-state index contributed by atoms with van der Waals surface area (Å²) in [5, 5.41) is 27.3. The lowest BCUT2D eigenvalue weighted by molar-refractivity contribution is -0.289. The molecule has 10 heavy (non-hydrogen) atoms. The summed E-state index contributed by atoms with van der Waals surface area (Å²) < 4.78 is 4.79. The summed E-state index contributed by atoms with van der Waals surface area (Å²) in [5.74, 6) is -1.59. The van der Waals surface area contributed by atoms with Crippen molar-refractivity contribution < 1.29 is 20.1 Å². The smallest absolute Gasteiger partial charge is 0.191 e. The van der Waals surface area contributed by atoms with Gasteiger partial charge in [0.25, 0.3) is 0 Å². The van der Waals surface area contributed by atoms with E-state index >= 15 is 0 Å². The van der Waals surface area contributed by atoms with Crippen LogP contribution in [0.25, 0.3) is 0 Å². The van der Waals surface area contributed by atoms with Gasteiger partial charge in [-0.3, -0.25) is 0 Å². The van der Waals surface area contributed by atoms with E-state index in [1.807, 2.05) is 0 Å². The first-order valence-electron chi connectivity index (χ1n) is 3.26. The van der Waals surface area contributed by atoms with E-state index < -0.39 is 18.0 Å². The molecule has 0 aromatic carbocycles. The molecule has 0 radical (unpaired) electrons. The minimum atomic E-state index is -1.59. The highest BCUT2D eigenvalue weighted by Crippen LogP contribution is 2.22. The van der Waals surface area contributed by atoms with Gasteiger partial charge in [0.05, 0.1) is 12.7 Å². The highest BCUT2D eigenvalue weighted by Gasteiger charge is 2.40. The SMILES string of the molecule is CC1(O)OCCC(O)C1O. The quantitative estimate of drug-likeness (QED) is 0.405. The molecule has 0 saturated carbocycles. The van der Waals surface area contributed by atoms with E-state index in [0.29, 0.717) is 6.42 Å². The average molecular weight is 148 g/mol. The lowest BCUT2D eigenvalue weighted by Gasteiger charge is -2.36. The van der Waals surface area contributed by atoms with Gasteiger partial charge in [-0.25, -0.2) is 0 Å². The molecule has 0 aromatic rings. The molecule has 3 N–H and O–H groups in total. The Kier molecular flexibility index (Phi) is 1.96. The zero-order valence-corrected chi connectivity index (χ0v) is 5.82. The van der Waals surface area contributed by atoms with Crippen LogP contribution in [-0.4, -0.2) is 39.9 Å². The Labute approximate surface area is 59.1 Å². The van der Waals surface area contributed by atoms with Crippen LogP contribution in [0.5, 0.6) is 0 Å². The van der Waals surface area contributed by atoms with Gasteiger partial charge in [-0.1, -0.05) is 0 Å². The molecule has 3 unspecified atom stereocenters. The van der Waals surface area contributed by atoms with Crippen LogP contribution in [0.1, 0.15) is 13.3 Å². The molecular weight excluding hydrogens is 136 g/mol. The highest BCUT2D eigenvalue weighted by molar-refractivity contribution is 4.82. The maximum absolute atomic E-state index is 9.18. The number of rotatable bonds is 0. The van der Waals surface area contributed by atoms with Gasteiger partial charge < -0.3 is 20.1 Å². The Hall–Kier alpha value is -0.160. The van der Waals surface area contributed by atoms with E-state index in [0.717, 1.165) is 0 Å². The fraction of sp³-hybridized carbons (Fsp3) is 1.00. The standard InChI is InChI=1S/C6H12O4/c1-6(9)5(8)4(7)2-3-10-6/h4-5,7-9H,2-3H2,1H3. The predicted molar refractivity (Wildman–Crippen MR) is 33.2 cm³/mol. The monoisotopic (exact) mass is 148 g/mol. The van der Waals surface area contributed by atoms with E-state index in [1.165, 1.54) is 6.92 Å². The zero-order chi connectivity index (χ0) is 7.78. The number of aliphatic hydroxyl groups excluding tert-OH is 2. The van der Waals surface area contributed by atoms with Crippen LogP contribution in [0.4, 0.5) is 0 Å². The van der Waals surface area contributed by atoms with Crippen molar-refractivity contribution in [3.63, 3.8) is 0 Å². The Morgan fingerprint density at radius 2 is 2.10 bits per heavy atom. The molecule has 0 amide bonds. The normalized spacial score (nSPS) is 49.2. The maximum atomic E-state index is 9.18. The lowest BCUT2D eigenvalue weighted by atomic mass is 10.0. The molecule has 1 aliphatic rings. The second-order valence-electron chi connectivity index (χ2n) is 2.70. The van der Waals surface area contributed by atoms with Crippen LogP contribution in [0.2, 0.25) is 0 Å². The van der Waals surface area contributed by atoms with Gasteiger partial charge in [0, 0.05) is 0 Å². The number of hydrogen-bond acceptors (Lipinski definition) is 4. The van der Waals surface area contributed by atoms with Gasteiger partial charge in [-0.15, -0.1) is 0 Å². The fourth-order valence-corrected chi connectivity index (χ4v) is 0.987. The number of aliphatic hydroxyl groups is 3. The molecule has 60 valence electrons. The van der Waals surface area contributed by atoms with Gasteiger partial charge in [0.15, 0.2) is 5.79 Å². The van der Waals surface area contributed by atoms with Crippen LogP contribution < -0.4 is 0 Å². The van der Waals surface area contributed by atoms with E-state index in [4.69, 9.17) is 14.9 Å². The summed E-state index contributed by atoms with van der Waals surface area (Å²) in [6.45, 7) is 1.62. The average Bonchev–Trinajstić information content (AvgIpc) is 1.83. The van der Waals surface area contributed by atoms with Crippen molar-refractivity contribution in [2.24, 2.45) is 0 Å². The summed E-state index contributed by atoms with van der Waals surface area (Å²) >= 11 is 0. The number of ether oxygens (including phenoxy) is 1. The van der Waals surface area contributed by atoms with Crippen LogP contribution in [0, 0.1) is 0 Å². The third kappa shape index (κ3) is 1.29. The third-order valence-corrected chi connectivity index (χ3v) is 1.72. The third-order valence-electron chi connectivity index (χ3n) is 1.72. The van der Waals surface area contributed by atoms with Crippen LogP contribution >= 0.6 is 0 Å². The van der Waals surface area contributed by atoms with Crippen LogP contribution in [0.15, 0.2) is 0 Å². The summed E-state index contributed by atoms with van der Waals surface area (Å²) in [7, 11) is 0. The molecule has 0 aliphatic carbocycles. The van der Waals surface area contributed by atoms with E-state index in [-0.39, 0.29) is 6.61 Å². The Bertz CT molecular complexity index is 123. The van der Waals surface area contributed by atoms with Crippen molar-refractivity contribution >= 4 is 0 Å². The Morgan fingerprint density at radius 3 is 2.50 bits per heavy atom. The highest BCUT2D eigenvalue weighted by atomic mass is 16.6. The van der Waals surface area contributed by atoms with Crippen LogP contribution in [0.3, 0.4) is 0 Å². The van der Waals surface area contributed by atoms with Gasteiger partial charge in [0.2, 0.25) is 0 Å². The molecule has 1 rings (SSSR count). The number of hydrogen-bond donors (Lipinski definition) is 3. The molecular formula is C6H12O4. The van der Waals surface area contributed by atoms with E-state index in [9.17, 15) is 5.11 Å². The zero-order valence-electron chi connectivity index (χ0n) is 5.82. The summed E-state index contributed by atoms with van der Waals surface area (Å²) in [6, 6.07) is 0. The van der Waals surface area contributed by atoms with Crippen molar-refractivity contribution in [2.75, 3.05) is 6.61 Å². The minimum Gasteiger partial charge on any atom is -0.390 e. The Morgan fingerprint density at radius 1 is 1.50 bits per heavy atom. The van der Waals surface area contributed by atoms with Gasteiger partial charge in [0.1, 0.15) is 6.10 Å². The first-order valence-corrected chi connectivity index (χ1v) is 3.26. The maximum Gasteiger partial charge on any atom is 0.191 e. The summed E-state index contributed by atoms with van der Waals surface area (Å²) in [5.41, 5.74) is 0. The molecule has 3 atom stereocenters. The topological polar surface area (TPSA) is 69.9 Å². The molecule has 1 saturated heterocycles. The van der Waals surface area contributed by atoms with Crippen molar-refractivity contribution in [1.29, 1.82) is 0 Å². The molecule has 4 nitrogen and oxygen atoms in total. The largest absolute Gasteiger partial charge is 0.390 e.